The number of quaternary nitrogens is 1. The third-order valence-electron chi connectivity index (χ3n) is 2.23. The molecule has 0 saturated heterocycles. The number of carboxylic acid groups (broad SMARTS) is 1. The Bertz CT molecular complexity index is 356. The molecule has 0 aliphatic heterocycles. The Balaban J connectivity index is 2.81. The van der Waals surface area contributed by atoms with Crippen molar-refractivity contribution < 1.29 is 14.4 Å². The van der Waals surface area contributed by atoms with Gasteiger partial charge in [-0.1, -0.05) is 0 Å². The fraction of sp³-hybridized carbons (Fsp3) is 0.556. The minimum atomic E-state index is -1.04. The van der Waals surface area contributed by atoms with Gasteiger partial charge in [-0.3, -0.25) is 0 Å². The van der Waals surface area contributed by atoms with E-state index in [1.165, 1.54) is 0 Å². The molecular weight excluding hydrogens is 261 g/mol. The molecule has 1 radical (unpaired) electrons. The molecule has 83 valence electrons. The standard InChI is InChI=1S/C9H14N3O2Se/c1-12(2,3)7(8(13)14)4-6-5-10-9(15)11-6/h5,7H,4H2,1-3H3,(H-,10,11,13,14)/t7-/m0/s1. The Morgan fingerprint density at radius 2 is 2.27 bits per heavy atom. The second-order valence-electron chi connectivity index (χ2n) is 4.37. The molecule has 0 saturated carbocycles. The van der Waals surface area contributed by atoms with Gasteiger partial charge in [0.15, 0.2) is 0 Å². The van der Waals surface area contributed by atoms with Crippen molar-refractivity contribution in [1.29, 1.82) is 0 Å². The van der Waals surface area contributed by atoms with Gasteiger partial charge in [0.25, 0.3) is 0 Å². The molecule has 0 aliphatic rings. The van der Waals surface area contributed by atoms with Crippen LogP contribution in [0.4, 0.5) is 0 Å². The van der Waals surface area contributed by atoms with Crippen molar-refractivity contribution in [2.24, 2.45) is 0 Å². The number of likely N-dealkylation sites (N-methyl/N-ethyl adjacent to an activating group) is 1. The first-order valence-electron chi connectivity index (χ1n) is 4.53. The number of carboxylic acids is 1. The van der Waals surface area contributed by atoms with E-state index in [1.807, 2.05) is 21.1 Å². The van der Waals surface area contributed by atoms with E-state index in [0.717, 1.165) is 5.69 Å². The third kappa shape index (κ3) is 3.34. The Morgan fingerprint density at radius 3 is 2.60 bits per heavy atom. The summed E-state index contributed by atoms with van der Waals surface area (Å²) in [6, 6.07) is -0.579. The molecule has 1 aromatic heterocycles. The molecule has 5 nitrogen and oxygen atoms in total. The van der Waals surface area contributed by atoms with E-state index in [9.17, 15) is 9.90 Å². The number of carbonyl (C=O) groups is 1. The predicted octanol–water partition coefficient (Wildman–Crippen LogP) is -2.43. The third-order valence-corrected chi connectivity index (χ3v) is 2.66. The van der Waals surface area contributed by atoms with Crippen molar-refractivity contribution in [3.63, 3.8) is 0 Å². The minimum absolute atomic E-state index is 0.324. The zero-order valence-electron chi connectivity index (χ0n) is 8.98. The van der Waals surface area contributed by atoms with Crippen molar-refractivity contribution in [2.45, 2.75) is 12.5 Å². The zero-order chi connectivity index (χ0) is 11.6. The molecule has 0 bridgehead atoms. The number of H-pyrrole nitrogens is 1. The summed E-state index contributed by atoms with van der Waals surface area (Å²) in [5.41, 5.74) is 0.797. The van der Waals surface area contributed by atoms with Gasteiger partial charge in [-0.15, -0.1) is 0 Å². The molecule has 0 spiro atoms. The molecule has 0 fully saturated rings. The molecule has 1 atom stereocenters. The Labute approximate surface area is 96.9 Å². The Morgan fingerprint density at radius 1 is 1.67 bits per heavy atom. The molecule has 1 N–H and O–H groups in total. The number of aromatic amines is 1. The Hall–Kier alpha value is -0.841. The number of carbonyl (C=O) groups excluding carboxylic acids is 1. The maximum absolute atomic E-state index is 11.0. The van der Waals surface area contributed by atoms with Crippen LogP contribution in [-0.2, 0) is 11.2 Å². The topological polar surface area (TPSA) is 68.8 Å². The van der Waals surface area contributed by atoms with Crippen LogP contribution in [0.15, 0.2) is 6.20 Å². The van der Waals surface area contributed by atoms with E-state index in [-0.39, 0.29) is 0 Å². The van der Waals surface area contributed by atoms with E-state index in [2.05, 4.69) is 26.0 Å². The maximum atomic E-state index is 11.0. The molecule has 1 aromatic rings. The summed E-state index contributed by atoms with van der Waals surface area (Å²) in [5, 5.41) is 11.0. The molecule has 6 heteroatoms. The van der Waals surface area contributed by atoms with E-state index in [0.29, 0.717) is 15.6 Å². The van der Waals surface area contributed by atoms with Crippen LogP contribution in [0.3, 0.4) is 0 Å². The van der Waals surface area contributed by atoms with Gasteiger partial charge in [0.1, 0.15) is 0 Å². The monoisotopic (exact) mass is 276 g/mol. The van der Waals surface area contributed by atoms with Crippen LogP contribution in [0, 0.1) is 0 Å². The average molecular weight is 275 g/mol. The van der Waals surface area contributed by atoms with Gasteiger partial charge in [0.05, 0.1) is 0 Å². The number of nitrogens with one attached hydrogen (secondary N) is 1. The zero-order valence-corrected chi connectivity index (χ0v) is 10.7. The first kappa shape index (κ1) is 12.2. The van der Waals surface area contributed by atoms with Crippen molar-refractivity contribution in [1.82, 2.24) is 9.97 Å². The number of aromatic nitrogens is 2. The van der Waals surface area contributed by atoms with Crippen LogP contribution in [0.1, 0.15) is 5.69 Å². The van der Waals surface area contributed by atoms with Gasteiger partial charge in [0.2, 0.25) is 0 Å². The summed E-state index contributed by atoms with van der Waals surface area (Å²) < 4.78 is 0.993. The summed E-state index contributed by atoms with van der Waals surface area (Å²) in [4.78, 5) is 17.9. The first-order valence-corrected chi connectivity index (χ1v) is 5.39. The van der Waals surface area contributed by atoms with Crippen LogP contribution < -0.4 is 9.83 Å². The van der Waals surface area contributed by atoms with Gasteiger partial charge in [-0.25, -0.2) is 0 Å². The number of hydrogen-bond donors (Lipinski definition) is 1. The molecule has 0 unspecified atom stereocenters. The molecule has 0 aliphatic carbocycles. The summed E-state index contributed by atoms with van der Waals surface area (Å²) in [7, 11) is 5.49. The van der Waals surface area contributed by atoms with Crippen molar-refractivity contribution >= 4 is 26.7 Å². The van der Waals surface area contributed by atoms with Crippen molar-refractivity contribution in [3.05, 3.63) is 11.9 Å². The SMILES string of the molecule is C[N+](C)(C)[C@@H](Cc1cnc([Se])[nH]1)C(=O)[O-]. The summed E-state index contributed by atoms with van der Waals surface area (Å²) in [6.07, 6.45) is 2.03. The van der Waals surface area contributed by atoms with Gasteiger partial charge in [-0.05, 0) is 0 Å². The first-order chi connectivity index (χ1) is 6.80. The van der Waals surface area contributed by atoms with Crippen LogP contribution in [0.5, 0.6) is 0 Å². The predicted molar refractivity (Wildman–Crippen MR) is 54.5 cm³/mol. The molecular formula is C9H14N3O2Se. The van der Waals surface area contributed by atoms with Gasteiger partial charge < -0.3 is 0 Å². The second kappa shape index (κ2) is 4.35. The molecule has 15 heavy (non-hydrogen) atoms. The van der Waals surface area contributed by atoms with Gasteiger partial charge in [0, 0.05) is 0 Å². The molecule has 0 aromatic carbocycles. The van der Waals surface area contributed by atoms with Crippen LogP contribution in [0.25, 0.3) is 0 Å². The molecule has 0 amide bonds. The number of nitrogens with zero attached hydrogens (tertiary/aromatic N) is 2. The van der Waals surface area contributed by atoms with Crippen molar-refractivity contribution in [2.75, 3.05) is 21.1 Å². The fourth-order valence-electron chi connectivity index (χ4n) is 1.32. The quantitative estimate of drug-likeness (QED) is 0.491. The van der Waals surface area contributed by atoms with Gasteiger partial charge >= 0.3 is 96.6 Å². The van der Waals surface area contributed by atoms with E-state index in [1.54, 1.807) is 6.20 Å². The van der Waals surface area contributed by atoms with E-state index < -0.39 is 12.0 Å². The number of imidazole rings is 1. The van der Waals surface area contributed by atoms with Crippen LogP contribution in [0.2, 0.25) is 0 Å². The summed E-state index contributed by atoms with van der Waals surface area (Å²) in [6.45, 7) is 0. The summed E-state index contributed by atoms with van der Waals surface area (Å²) in [5.74, 6) is -1.04. The summed E-state index contributed by atoms with van der Waals surface area (Å²) >= 11 is 2.73. The van der Waals surface area contributed by atoms with Crippen LogP contribution >= 0.6 is 0 Å². The second-order valence-corrected chi connectivity index (χ2v) is 5.18. The number of aliphatic carboxylic acids is 1. The van der Waals surface area contributed by atoms with E-state index >= 15 is 0 Å². The fourth-order valence-corrected chi connectivity index (χ4v) is 1.71. The van der Waals surface area contributed by atoms with Crippen molar-refractivity contribution in [3.8, 4) is 0 Å². The number of hydrogen-bond acceptors (Lipinski definition) is 3. The molecule has 1 heterocycles. The Kier molecular flexibility index (Phi) is 3.54. The van der Waals surface area contributed by atoms with Gasteiger partial charge in [-0.2, -0.15) is 0 Å². The van der Waals surface area contributed by atoms with Crippen LogP contribution in [-0.4, -0.2) is 63.6 Å². The average Bonchev–Trinajstić information content (AvgIpc) is 2.44. The number of rotatable bonds is 4. The van der Waals surface area contributed by atoms with E-state index in [4.69, 9.17) is 0 Å². The normalized spacial score (nSPS) is 13.8. The molecule has 1 rings (SSSR count).